The topological polar surface area (TPSA) is 24.5 Å². The summed E-state index contributed by atoms with van der Waals surface area (Å²) in [6, 6.07) is 1.37. The molecule has 100 valence electrons. The molecule has 3 heteroatoms. The molecular formula is C14H28N2O. The van der Waals surface area contributed by atoms with Crippen molar-refractivity contribution in [3.05, 3.63) is 0 Å². The molecule has 1 saturated carbocycles. The van der Waals surface area contributed by atoms with Crippen molar-refractivity contribution in [3.8, 4) is 0 Å². The smallest absolute Gasteiger partial charge is 0.0805 e. The van der Waals surface area contributed by atoms with E-state index in [1.807, 2.05) is 7.11 Å². The third-order valence-corrected chi connectivity index (χ3v) is 4.77. The highest BCUT2D eigenvalue weighted by Gasteiger charge is 2.40. The minimum Gasteiger partial charge on any atom is -0.377 e. The van der Waals surface area contributed by atoms with Crippen LogP contribution in [0.2, 0.25) is 0 Å². The quantitative estimate of drug-likeness (QED) is 0.795. The van der Waals surface area contributed by atoms with Crippen LogP contribution in [0.3, 0.4) is 0 Å². The summed E-state index contributed by atoms with van der Waals surface area (Å²) in [6.45, 7) is 8.05. The van der Waals surface area contributed by atoms with Crippen LogP contribution in [0, 0.1) is 0 Å². The first-order valence-electron chi connectivity index (χ1n) is 7.25. The van der Waals surface area contributed by atoms with Gasteiger partial charge in [-0.15, -0.1) is 0 Å². The molecule has 2 atom stereocenters. The fourth-order valence-corrected chi connectivity index (χ4v) is 3.17. The van der Waals surface area contributed by atoms with E-state index < -0.39 is 0 Å². The van der Waals surface area contributed by atoms with Gasteiger partial charge in [0.2, 0.25) is 0 Å². The van der Waals surface area contributed by atoms with Crippen LogP contribution in [0.25, 0.3) is 0 Å². The first kappa shape index (κ1) is 13.3. The Labute approximate surface area is 106 Å². The molecule has 1 N–H and O–H groups in total. The van der Waals surface area contributed by atoms with E-state index >= 15 is 0 Å². The van der Waals surface area contributed by atoms with Gasteiger partial charge in [-0.25, -0.2) is 0 Å². The molecule has 1 aliphatic heterocycles. The molecular weight excluding hydrogens is 212 g/mol. The zero-order valence-electron chi connectivity index (χ0n) is 11.7. The van der Waals surface area contributed by atoms with Crippen molar-refractivity contribution in [1.82, 2.24) is 10.2 Å². The van der Waals surface area contributed by atoms with Crippen molar-refractivity contribution in [2.45, 2.75) is 63.6 Å². The van der Waals surface area contributed by atoms with Gasteiger partial charge in [0, 0.05) is 38.8 Å². The Bertz CT molecular complexity index is 235. The lowest BCUT2D eigenvalue weighted by Gasteiger charge is -2.48. The van der Waals surface area contributed by atoms with E-state index in [0.717, 1.165) is 13.1 Å². The normalized spacial score (nSPS) is 33.4. The van der Waals surface area contributed by atoms with Gasteiger partial charge in [-0.3, -0.25) is 4.90 Å². The summed E-state index contributed by atoms with van der Waals surface area (Å²) in [5.41, 5.74) is 0.184. The monoisotopic (exact) mass is 240 g/mol. The molecule has 0 aromatic rings. The van der Waals surface area contributed by atoms with E-state index in [1.165, 1.54) is 38.6 Å². The molecule has 1 aliphatic carbocycles. The van der Waals surface area contributed by atoms with E-state index in [1.54, 1.807) is 0 Å². The van der Waals surface area contributed by atoms with Crippen LogP contribution < -0.4 is 5.32 Å². The molecule has 0 spiro atoms. The number of piperazine rings is 1. The Morgan fingerprint density at radius 1 is 1.29 bits per heavy atom. The number of nitrogens with zero attached hydrogens (tertiary/aromatic N) is 1. The molecule has 0 amide bonds. The molecule has 0 aromatic carbocycles. The highest BCUT2D eigenvalue weighted by molar-refractivity contribution is 4.96. The summed E-state index contributed by atoms with van der Waals surface area (Å²) in [5.74, 6) is 0. The molecule has 2 rings (SSSR count). The maximum atomic E-state index is 5.78. The molecule has 1 saturated heterocycles. The van der Waals surface area contributed by atoms with Crippen molar-refractivity contribution < 1.29 is 4.74 Å². The number of hydrogen-bond donors (Lipinski definition) is 1. The third-order valence-electron chi connectivity index (χ3n) is 4.77. The van der Waals surface area contributed by atoms with Gasteiger partial charge in [0.05, 0.1) is 5.60 Å². The van der Waals surface area contributed by atoms with Gasteiger partial charge in [0.15, 0.2) is 0 Å². The Morgan fingerprint density at radius 3 is 2.53 bits per heavy atom. The fourth-order valence-electron chi connectivity index (χ4n) is 3.17. The molecule has 2 aliphatic rings. The van der Waals surface area contributed by atoms with Gasteiger partial charge in [0.1, 0.15) is 0 Å². The largest absolute Gasteiger partial charge is 0.377 e. The first-order valence-corrected chi connectivity index (χ1v) is 7.25. The van der Waals surface area contributed by atoms with E-state index in [2.05, 4.69) is 24.1 Å². The van der Waals surface area contributed by atoms with Crippen LogP contribution in [0.1, 0.15) is 46.0 Å². The second-order valence-electron chi connectivity index (χ2n) is 5.75. The van der Waals surface area contributed by atoms with E-state index in [0.29, 0.717) is 12.1 Å². The second-order valence-corrected chi connectivity index (χ2v) is 5.75. The van der Waals surface area contributed by atoms with E-state index in [4.69, 9.17) is 4.74 Å². The summed E-state index contributed by atoms with van der Waals surface area (Å²) in [7, 11) is 1.89. The summed E-state index contributed by atoms with van der Waals surface area (Å²) in [5, 5.41) is 3.66. The zero-order valence-corrected chi connectivity index (χ0v) is 11.7. The van der Waals surface area contributed by atoms with E-state index in [9.17, 15) is 0 Å². The Kier molecular flexibility index (Phi) is 4.45. The third kappa shape index (κ3) is 2.83. The second kappa shape index (κ2) is 5.68. The van der Waals surface area contributed by atoms with Gasteiger partial charge in [-0.1, -0.05) is 13.8 Å². The molecule has 0 aromatic heterocycles. The lowest BCUT2D eigenvalue weighted by Crippen LogP contribution is -2.61. The molecule has 17 heavy (non-hydrogen) atoms. The van der Waals surface area contributed by atoms with Crippen molar-refractivity contribution in [2.75, 3.05) is 26.7 Å². The van der Waals surface area contributed by atoms with Crippen LogP contribution >= 0.6 is 0 Å². The fraction of sp³-hybridized carbons (Fsp3) is 1.00. The van der Waals surface area contributed by atoms with Gasteiger partial charge >= 0.3 is 0 Å². The standard InChI is InChI=1S/C14H28N2O/c1-4-12-10-16(13(5-2)9-15-12)11-14(17-3)7-6-8-14/h12-13,15H,4-11H2,1-3H3. The summed E-state index contributed by atoms with van der Waals surface area (Å²) in [4.78, 5) is 2.67. The van der Waals surface area contributed by atoms with Crippen LogP contribution in [-0.4, -0.2) is 49.3 Å². The average molecular weight is 240 g/mol. The molecule has 3 nitrogen and oxygen atoms in total. The number of methoxy groups -OCH3 is 1. The highest BCUT2D eigenvalue weighted by atomic mass is 16.5. The number of ether oxygens (including phenoxy) is 1. The van der Waals surface area contributed by atoms with Gasteiger partial charge < -0.3 is 10.1 Å². The van der Waals surface area contributed by atoms with Gasteiger partial charge in [0.25, 0.3) is 0 Å². The molecule has 2 unspecified atom stereocenters. The predicted molar refractivity (Wildman–Crippen MR) is 71.3 cm³/mol. The van der Waals surface area contributed by atoms with Crippen LogP contribution in [0.4, 0.5) is 0 Å². The molecule has 0 bridgehead atoms. The van der Waals surface area contributed by atoms with Crippen molar-refractivity contribution in [3.63, 3.8) is 0 Å². The SMILES string of the molecule is CCC1CN(CC2(OC)CCC2)C(CC)CN1. The first-order chi connectivity index (χ1) is 8.23. The van der Waals surface area contributed by atoms with Crippen LogP contribution in [-0.2, 0) is 4.74 Å². The number of nitrogens with one attached hydrogen (secondary N) is 1. The van der Waals surface area contributed by atoms with Crippen molar-refractivity contribution in [1.29, 1.82) is 0 Å². The summed E-state index contributed by atoms with van der Waals surface area (Å²) >= 11 is 0. The Hall–Kier alpha value is -0.120. The minimum absolute atomic E-state index is 0.184. The van der Waals surface area contributed by atoms with Crippen molar-refractivity contribution in [2.24, 2.45) is 0 Å². The van der Waals surface area contributed by atoms with Crippen LogP contribution in [0.5, 0.6) is 0 Å². The van der Waals surface area contributed by atoms with Gasteiger partial charge in [-0.05, 0) is 32.1 Å². The maximum absolute atomic E-state index is 5.78. The summed E-state index contributed by atoms with van der Waals surface area (Å²) < 4.78 is 5.78. The molecule has 2 fully saturated rings. The highest BCUT2D eigenvalue weighted by Crippen LogP contribution is 2.36. The number of rotatable bonds is 5. The minimum atomic E-state index is 0.184. The van der Waals surface area contributed by atoms with Gasteiger partial charge in [-0.2, -0.15) is 0 Å². The Morgan fingerprint density at radius 2 is 2.06 bits per heavy atom. The van der Waals surface area contributed by atoms with Crippen LogP contribution in [0.15, 0.2) is 0 Å². The lowest BCUT2D eigenvalue weighted by molar-refractivity contribution is -0.102. The Balaban J connectivity index is 1.95. The van der Waals surface area contributed by atoms with E-state index in [-0.39, 0.29) is 5.60 Å². The van der Waals surface area contributed by atoms with Crippen molar-refractivity contribution >= 4 is 0 Å². The predicted octanol–water partition coefficient (Wildman–Crippen LogP) is 2.02. The maximum Gasteiger partial charge on any atom is 0.0805 e. The zero-order chi connectivity index (χ0) is 12.3. The number of hydrogen-bond acceptors (Lipinski definition) is 3. The summed E-state index contributed by atoms with van der Waals surface area (Å²) in [6.07, 6.45) is 6.31. The molecule has 1 heterocycles. The average Bonchev–Trinajstić information content (AvgIpc) is 2.33. The lowest BCUT2D eigenvalue weighted by atomic mass is 9.79. The molecule has 0 radical (unpaired) electrons.